The average Bonchev–Trinajstić information content (AvgIpc) is 2.49. The Morgan fingerprint density at radius 1 is 1.20 bits per heavy atom. The van der Waals surface area contributed by atoms with Crippen molar-refractivity contribution in [3.05, 3.63) is 29.8 Å². The van der Waals surface area contributed by atoms with Crippen LogP contribution in [-0.4, -0.2) is 35.8 Å². The number of rotatable bonds is 9. The van der Waals surface area contributed by atoms with Crippen molar-refractivity contribution in [3.8, 4) is 5.75 Å². The molecular weight excluding hydrogens is 318 g/mol. The zero-order chi connectivity index (χ0) is 14.8. The summed E-state index contributed by atoms with van der Waals surface area (Å²) in [7, 11) is 0. The van der Waals surface area contributed by atoms with E-state index in [1.165, 1.54) is 0 Å². The summed E-state index contributed by atoms with van der Waals surface area (Å²) in [6.07, 6.45) is 3.14. The van der Waals surface area contributed by atoms with E-state index in [0.29, 0.717) is 0 Å². The number of hydrogen-bond donors (Lipinski definition) is 0. The van der Waals surface area contributed by atoms with Crippen molar-refractivity contribution in [2.24, 2.45) is 0 Å². The second-order valence-electron chi connectivity index (χ2n) is 4.65. The number of carbonyl (C=O) groups excluding carboxylic acids is 1. The minimum absolute atomic E-state index is 0.0913. The predicted octanol–water partition coefficient (Wildman–Crippen LogP) is 4.11. The lowest BCUT2D eigenvalue weighted by Crippen LogP contribution is -2.31. The highest BCUT2D eigenvalue weighted by molar-refractivity contribution is 9.09. The zero-order valence-electron chi connectivity index (χ0n) is 12.4. The molecule has 0 heterocycles. The molecule has 0 aliphatic rings. The van der Waals surface area contributed by atoms with Crippen LogP contribution in [0.4, 0.5) is 0 Å². The fourth-order valence-corrected chi connectivity index (χ4v) is 2.12. The summed E-state index contributed by atoms with van der Waals surface area (Å²) in [5.74, 6) is 0.923. The van der Waals surface area contributed by atoms with Crippen LogP contribution in [0.1, 0.15) is 43.5 Å². The molecule has 1 rings (SSSR count). The van der Waals surface area contributed by atoms with Gasteiger partial charge in [-0.15, -0.1) is 0 Å². The number of nitrogens with zero attached hydrogens (tertiary/aromatic N) is 1. The largest absolute Gasteiger partial charge is 0.494 e. The molecule has 20 heavy (non-hydrogen) atoms. The molecule has 0 atom stereocenters. The normalized spacial score (nSPS) is 10.3. The molecule has 0 N–H and O–H groups in total. The van der Waals surface area contributed by atoms with E-state index in [4.69, 9.17) is 4.74 Å². The number of alkyl halides is 1. The number of amides is 1. The smallest absolute Gasteiger partial charge is 0.253 e. The fourth-order valence-electron chi connectivity index (χ4n) is 1.86. The lowest BCUT2D eigenvalue weighted by atomic mass is 10.2. The van der Waals surface area contributed by atoms with Crippen molar-refractivity contribution in [2.45, 2.75) is 33.1 Å². The van der Waals surface area contributed by atoms with Gasteiger partial charge in [-0.2, -0.15) is 0 Å². The zero-order valence-corrected chi connectivity index (χ0v) is 14.0. The molecule has 1 amide bonds. The summed E-state index contributed by atoms with van der Waals surface area (Å²) in [5.41, 5.74) is 0.726. The minimum Gasteiger partial charge on any atom is -0.494 e. The lowest BCUT2D eigenvalue weighted by molar-refractivity contribution is 0.0765. The summed E-state index contributed by atoms with van der Waals surface area (Å²) in [4.78, 5) is 14.2. The van der Waals surface area contributed by atoms with Crippen LogP contribution in [0.2, 0.25) is 0 Å². The summed E-state index contributed by atoms with van der Waals surface area (Å²) < 4.78 is 5.60. The second-order valence-corrected chi connectivity index (χ2v) is 5.45. The maximum Gasteiger partial charge on any atom is 0.253 e. The molecule has 4 heteroatoms. The molecule has 0 aliphatic heterocycles. The van der Waals surface area contributed by atoms with E-state index in [1.807, 2.05) is 36.1 Å². The Kier molecular flexibility index (Phi) is 8.35. The van der Waals surface area contributed by atoms with Gasteiger partial charge in [0.1, 0.15) is 5.75 Å². The van der Waals surface area contributed by atoms with Crippen LogP contribution in [0.25, 0.3) is 0 Å². The van der Waals surface area contributed by atoms with Crippen molar-refractivity contribution in [1.82, 2.24) is 4.90 Å². The van der Waals surface area contributed by atoms with E-state index in [2.05, 4.69) is 22.9 Å². The van der Waals surface area contributed by atoms with E-state index in [-0.39, 0.29) is 5.91 Å². The summed E-state index contributed by atoms with van der Waals surface area (Å²) in [5, 5.41) is 0.918. The molecule has 0 saturated heterocycles. The van der Waals surface area contributed by atoms with E-state index in [0.717, 1.165) is 55.6 Å². The van der Waals surface area contributed by atoms with E-state index < -0.39 is 0 Å². The van der Waals surface area contributed by atoms with Crippen molar-refractivity contribution in [3.63, 3.8) is 0 Å². The molecule has 1 aromatic rings. The molecule has 0 aliphatic carbocycles. The topological polar surface area (TPSA) is 29.5 Å². The van der Waals surface area contributed by atoms with Crippen molar-refractivity contribution >= 4 is 21.8 Å². The van der Waals surface area contributed by atoms with Gasteiger partial charge in [-0.05, 0) is 44.0 Å². The highest BCUT2D eigenvalue weighted by Gasteiger charge is 2.13. The van der Waals surface area contributed by atoms with Crippen LogP contribution < -0.4 is 4.74 Å². The Balaban J connectivity index is 2.59. The predicted molar refractivity (Wildman–Crippen MR) is 86.8 cm³/mol. The lowest BCUT2D eigenvalue weighted by Gasteiger charge is -2.20. The van der Waals surface area contributed by atoms with Gasteiger partial charge in [0.25, 0.3) is 5.91 Å². The maximum atomic E-state index is 12.3. The second kappa shape index (κ2) is 9.81. The first-order chi connectivity index (χ1) is 9.72. The SMILES string of the molecule is CCCCOc1ccc(C(=O)N(CC)CCCBr)cc1. The molecule has 0 saturated carbocycles. The van der Waals surface area contributed by atoms with Crippen molar-refractivity contribution in [2.75, 3.05) is 25.0 Å². The average molecular weight is 342 g/mol. The third-order valence-electron chi connectivity index (χ3n) is 3.10. The van der Waals surface area contributed by atoms with Gasteiger partial charge >= 0.3 is 0 Å². The number of halogens is 1. The fraction of sp³-hybridized carbons (Fsp3) is 0.562. The van der Waals surface area contributed by atoms with Crippen LogP contribution in [0.3, 0.4) is 0 Å². The number of ether oxygens (including phenoxy) is 1. The van der Waals surface area contributed by atoms with Gasteiger partial charge in [-0.1, -0.05) is 29.3 Å². The van der Waals surface area contributed by atoms with Crippen LogP contribution in [0.5, 0.6) is 5.75 Å². The standard InChI is InChI=1S/C16H24BrNO2/c1-3-5-13-20-15-9-7-14(8-10-15)16(19)18(4-2)12-6-11-17/h7-10H,3-6,11-13H2,1-2H3. The van der Waals surface area contributed by atoms with Gasteiger partial charge in [-0.3, -0.25) is 4.79 Å². The molecule has 1 aromatic carbocycles. The molecule has 112 valence electrons. The van der Waals surface area contributed by atoms with Gasteiger partial charge < -0.3 is 9.64 Å². The summed E-state index contributed by atoms with van der Waals surface area (Å²) >= 11 is 3.40. The third kappa shape index (κ3) is 5.53. The Morgan fingerprint density at radius 2 is 1.90 bits per heavy atom. The third-order valence-corrected chi connectivity index (χ3v) is 3.66. The van der Waals surface area contributed by atoms with Gasteiger partial charge in [-0.25, -0.2) is 0 Å². The van der Waals surface area contributed by atoms with Crippen molar-refractivity contribution < 1.29 is 9.53 Å². The monoisotopic (exact) mass is 341 g/mol. The van der Waals surface area contributed by atoms with Gasteiger partial charge in [0.05, 0.1) is 6.61 Å². The molecule has 0 aromatic heterocycles. The first-order valence-electron chi connectivity index (χ1n) is 7.31. The molecule has 0 unspecified atom stereocenters. The molecular formula is C16H24BrNO2. The minimum atomic E-state index is 0.0913. The summed E-state index contributed by atoms with van der Waals surface area (Å²) in [6, 6.07) is 7.45. The Bertz CT molecular complexity index is 392. The van der Waals surface area contributed by atoms with E-state index in [1.54, 1.807) is 0 Å². The first kappa shape index (κ1) is 17.0. The van der Waals surface area contributed by atoms with E-state index in [9.17, 15) is 4.79 Å². The van der Waals surface area contributed by atoms with Crippen LogP contribution in [0, 0.1) is 0 Å². The first-order valence-corrected chi connectivity index (χ1v) is 8.43. The number of carbonyl (C=O) groups is 1. The molecule has 0 spiro atoms. The van der Waals surface area contributed by atoms with E-state index >= 15 is 0 Å². The highest BCUT2D eigenvalue weighted by atomic mass is 79.9. The maximum absolute atomic E-state index is 12.3. The molecule has 0 radical (unpaired) electrons. The van der Waals surface area contributed by atoms with Gasteiger partial charge in [0.2, 0.25) is 0 Å². The van der Waals surface area contributed by atoms with Crippen LogP contribution in [0.15, 0.2) is 24.3 Å². The van der Waals surface area contributed by atoms with Crippen LogP contribution >= 0.6 is 15.9 Å². The molecule has 3 nitrogen and oxygen atoms in total. The molecule has 0 fully saturated rings. The number of unbranched alkanes of at least 4 members (excludes halogenated alkanes) is 1. The summed E-state index contributed by atoms with van der Waals surface area (Å²) in [6.45, 7) is 6.40. The Morgan fingerprint density at radius 3 is 2.45 bits per heavy atom. The quantitative estimate of drug-likeness (QED) is 0.499. The van der Waals surface area contributed by atoms with Gasteiger partial charge in [0.15, 0.2) is 0 Å². The van der Waals surface area contributed by atoms with Crippen LogP contribution in [-0.2, 0) is 0 Å². The van der Waals surface area contributed by atoms with Gasteiger partial charge in [0, 0.05) is 24.0 Å². The van der Waals surface area contributed by atoms with Crippen molar-refractivity contribution in [1.29, 1.82) is 0 Å². The highest BCUT2D eigenvalue weighted by Crippen LogP contribution is 2.14. The number of benzene rings is 1. The Labute approximate surface area is 130 Å². The Hall–Kier alpha value is -1.03. The molecule has 0 bridgehead atoms. The number of hydrogen-bond acceptors (Lipinski definition) is 2.